The molecule has 0 unspecified atom stereocenters. The summed E-state index contributed by atoms with van der Waals surface area (Å²) in [5.41, 5.74) is 1.84. The van der Waals surface area contributed by atoms with E-state index in [0.717, 1.165) is 17.9 Å². The highest BCUT2D eigenvalue weighted by molar-refractivity contribution is 5.47. The molecule has 0 spiro atoms. The van der Waals surface area contributed by atoms with Crippen LogP contribution < -0.4 is 5.32 Å². The zero-order chi connectivity index (χ0) is 11.7. The minimum absolute atomic E-state index is 0.695. The van der Waals surface area contributed by atoms with Crippen molar-refractivity contribution in [3.8, 4) is 11.5 Å². The number of aromatic nitrogens is 4. The van der Waals surface area contributed by atoms with Gasteiger partial charge in [-0.1, -0.05) is 0 Å². The van der Waals surface area contributed by atoms with Crippen molar-refractivity contribution in [3.05, 3.63) is 30.2 Å². The Bertz CT molecular complexity index is 515. The summed E-state index contributed by atoms with van der Waals surface area (Å²) in [5.74, 6) is 0.695. The van der Waals surface area contributed by atoms with Crippen LogP contribution in [0.15, 0.2) is 24.5 Å². The Morgan fingerprint density at radius 2 is 2.29 bits per heavy atom. The Balaban J connectivity index is 1.77. The maximum atomic E-state index is 4.51. The van der Waals surface area contributed by atoms with Crippen LogP contribution in [0.3, 0.4) is 0 Å². The molecule has 0 amide bonds. The van der Waals surface area contributed by atoms with Gasteiger partial charge in [-0.2, -0.15) is 5.10 Å². The summed E-state index contributed by atoms with van der Waals surface area (Å²) < 4.78 is 1.76. The smallest absolute Gasteiger partial charge is 0.180 e. The lowest BCUT2D eigenvalue weighted by molar-refractivity contribution is 0.673. The van der Waals surface area contributed by atoms with Gasteiger partial charge in [0.1, 0.15) is 5.69 Å². The summed E-state index contributed by atoms with van der Waals surface area (Å²) in [7, 11) is 1.89. The zero-order valence-electron chi connectivity index (χ0n) is 9.80. The van der Waals surface area contributed by atoms with Crippen LogP contribution in [0.25, 0.3) is 11.5 Å². The second-order valence-corrected chi connectivity index (χ2v) is 4.40. The molecule has 88 valence electrons. The molecule has 2 aromatic heterocycles. The molecule has 5 nitrogen and oxygen atoms in total. The lowest BCUT2D eigenvalue weighted by Gasteiger charge is -2.03. The lowest BCUT2D eigenvalue weighted by Crippen LogP contribution is -2.16. The third-order valence-electron chi connectivity index (χ3n) is 2.81. The van der Waals surface area contributed by atoms with Crippen LogP contribution in [-0.4, -0.2) is 25.8 Å². The summed E-state index contributed by atoms with van der Waals surface area (Å²) in [4.78, 5) is 8.76. The maximum Gasteiger partial charge on any atom is 0.180 e. The first-order valence-corrected chi connectivity index (χ1v) is 5.86. The molecule has 5 heteroatoms. The van der Waals surface area contributed by atoms with Crippen LogP contribution in [0.2, 0.25) is 0 Å². The van der Waals surface area contributed by atoms with E-state index in [1.54, 1.807) is 10.9 Å². The van der Waals surface area contributed by atoms with Crippen molar-refractivity contribution in [2.24, 2.45) is 7.05 Å². The fraction of sp³-hybridized carbons (Fsp3) is 0.417. The highest BCUT2D eigenvalue weighted by Crippen LogP contribution is 2.19. The molecule has 3 rings (SSSR count). The van der Waals surface area contributed by atoms with E-state index < -0.39 is 0 Å². The number of hydrogen-bond donors (Lipinski definition) is 1. The monoisotopic (exact) mass is 229 g/mol. The number of aryl methyl sites for hydroxylation is 1. The van der Waals surface area contributed by atoms with Gasteiger partial charge in [-0.25, -0.2) is 9.97 Å². The summed E-state index contributed by atoms with van der Waals surface area (Å²) in [6, 6.07) is 4.57. The quantitative estimate of drug-likeness (QED) is 0.854. The Labute approximate surface area is 99.9 Å². The van der Waals surface area contributed by atoms with Gasteiger partial charge in [-0.05, 0) is 25.0 Å². The van der Waals surface area contributed by atoms with Crippen molar-refractivity contribution in [2.45, 2.75) is 25.4 Å². The number of nitrogens with one attached hydrogen (secondary N) is 1. The molecule has 0 saturated heterocycles. The van der Waals surface area contributed by atoms with Crippen LogP contribution in [0, 0.1) is 0 Å². The van der Waals surface area contributed by atoms with Gasteiger partial charge in [-0.3, -0.25) is 4.68 Å². The van der Waals surface area contributed by atoms with E-state index in [0.29, 0.717) is 11.9 Å². The van der Waals surface area contributed by atoms with Crippen LogP contribution >= 0.6 is 0 Å². The van der Waals surface area contributed by atoms with Gasteiger partial charge in [0.05, 0.1) is 5.69 Å². The van der Waals surface area contributed by atoms with Crippen molar-refractivity contribution in [3.63, 3.8) is 0 Å². The van der Waals surface area contributed by atoms with Crippen LogP contribution in [-0.2, 0) is 13.6 Å². The molecule has 1 aliphatic carbocycles. The highest BCUT2D eigenvalue weighted by Gasteiger charge is 2.20. The molecule has 1 aliphatic rings. The number of rotatable bonds is 4. The SMILES string of the molecule is Cn1ccc(-c2nccc(CNC3CC3)n2)n1. The van der Waals surface area contributed by atoms with Crippen LogP contribution in [0.1, 0.15) is 18.5 Å². The zero-order valence-corrected chi connectivity index (χ0v) is 9.80. The maximum absolute atomic E-state index is 4.51. The summed E-state index contributed by atoms with van der Waals surface area (Å²) in [5, 5.41) is 7.74. The third kappa shape index (κ3) is 2.50. The Hall–Kier alpha value is -1.75. The second-order valence-electron chi connectivity index (χ2n) is 4.40. The largest absolute Gasteiger partial charge is 0.308 e. The van der Waals surface area contributed by atoms with E-state index in [1.165, 1.54) is 12.8 Å². The van der Waals surface area contributed by atoms with Crippen molar-refractivity contribution < 1.29 is 0 Å². The average molecular weight is 229 g/mol. The van der Waals surface area contributed by atoms with Gasteiger partial charge < -0.3 is 5.32 Å². The molecule has 0 aromatic carbocycles. The van der Waals surface area contributed by atoms with Crippen molar-refractivity contribution in [1.82, 2.24) is 25.1 Å². The van der Waals surface area contributed by atoms with Gasteiger partial charge in [0.2, 0.25) is 0 Å². The van der Waals surface area contributed by atoms with Crippen molar-refractivity contribution >= 4 is 0 Å². The first-order valence-electron chi connectivity index (χ1n) is 5.86. The molecule has 0 radical (unpaired) electrons. The van der Waals surface area contributed by atoms with E-state index in [-0.39, 0.29) is 0 Å². The van der Waals surface area contributed by atoms with Crippen molar-refractivity contribution in [2.75, 3.05) is 0 Å². The molecule has 1 fully saturated rings. The van der Waals surface area contributed by atoms with Gasteiger partial charge in [-0.15, -0.1) is 0 Å². The van der Waals surface area contributed by atoms with Gasteiger partial charge in [0.25, 0.3) is 0 Å². The molecule has 2 heterocycles. The topological polar surface area (TPSA) is 55.6 Å². The predicted molar refractivity (Wildman–Crippen MR) is 64.1 cm³/mol. The second kappa shape index (κ2) is 4.25. The third-order valence-corrected chi connectivity index (χ3v) is 2.81. The average Bonchev–Trinajstić information content (AvgIpc) is 3.08. The highest BCUT2D eigenvalue weighted by atomic mass is 15.3. The summed E-state index contributed by atoms with van der Waals surface area (Å²) in [6.07, 6.45) is 6.27. The first-order chi connectivity index (χ1) is 8.31. The van der Waals surface area contributed by atoms with E-state index in [4.69, 9.17) is 0 Å². The van der Waals surface area contributed by atoms with E-state index >= 15 is 0 Å². The standard InChI is InChI=1S/C12H15N5/c1-17-7-5-11(16-17)12-13-6-4-10(15-12)8-14-9-2-3-9/h4-7,9,14H,2-3,8H2,1H3. The molecule has 1 N–H and O–H groups in total. The molecule has 2 aromatic rings. The van der Waals surface area contributed by atoms with Crippen molar-refractivity contribution in [1.29, 1.82) is 0 Å². The molecule has 17 heavy (non-hydrogen) atoms. The Kier molecular flexibility index (Phi) is 2.60. The van der Waals surface area contributed by atoms with E-state index in [1.807, 2.05) is 25.4 Å². The Morgan fingerprint density at radius 1 is 1.41 bits per heavy atom. The minimum atomic E-state index is 0.695. The fourth-order valence-corrected chi connectivity index (χ4v) is 1.69. The number of nitrogens with zero attached hydrogens (tertiary/aromatic N) is 4. The molecule has 0 atom stereocenters. The fourth-order valence-electron chi connectivity index (χ4n) is 1.69. The molecular weight excluding hydrogens is 214 g/mol. The normalized spacial score (nSPS) is 15.1. The lowest BCUT2D eigenvalue weighted by atomic mass is 10.3. The van der Waals surface area contributed by atoms with Crippen LogP contribution in [0.4, 0.5) is 0 Å². The molecular formula is C12H15N5. The minimum Gasteiger partial charge on any atom is -0.308 e. The molecule has 0 bridgehead atoms. The van der Waals surface area contributed by atoms with Gasteiger partial charge >= 0.3 is 0 Å². The summed E-state index contributed by atoms with van der Waals surface area (Å²) >= 11 is 0. The molecule has 0 aliphatic heterocycles. The number of hydrogen-bond acceptors (Lipinski definition) is 4. The first kappa shape index (κ1) is 10.4. The van der Waals surface area contributed by atoms with E-state index in [9.17, 15) is 0 Å². The van der Waals surface area contributed by atoms with E-state index in [2.05, 4.69) is 20.4 Å². The van der Waals surface area contributed by atoms with Gasteiger partial charge in [0, 0.05) is 32.0 Å². The summed E-state index contributed by atoms with van der Waals surface area (Å²) in [6.45, 7) is 0.813. The van der Waals surface area contributed by atoms with Gasteiger partial charge in [0.15, 0.2) is 5.82 Å². The molecule has 1 saturated carbocycles. The Morgan fingerprint density at radius 3 is 3.00 bits per heavy atom. The predicted octanol–water partition coefficient (Wildman–Crippen LogP) is 1.13. The van der Waals surface area contributed by atoms with Crippen LogP contribution in [0.5, 0.6) is 0 Å².